The molecule has 20 heavy (non-hydrogen) atoms. The molecular weight excluding hydrogens is 246 g/mol. The first-order valence-corrected chi connectivity index (χ1v) is 7.79. The first-order valence-electron chi connectivity index (χ1n) is 7.79. The maximum Gasteiger partial charge on any atom is 0.0503 e. The molecular formula is C18H25NO. The van der Waals surface area contributed by atoms with Crippen molar-refractivity contribution in [1.29, 1.82) is 0 Å². The number of methoxy groups -OCH3 is 1. The normalized spacial score (nSPS) is 28.8. The molecule has 4 atom stereocenters. The van der Waals surface area contributed by atoms with Crippen LogP contribution in [-0.4, -0.2) is 19.8 Å². The Morgan fingerprint density at radius 1 is 1.25 bits per heavy atom. The summed E-state index contributed by atoms with van der Waals surface area (Å²) in [4.78, 5) is 0. The molecule has 0 aromatic heterocycles. The third-order valence-corrected chi connectivity index (χ3v) is 4.95. The lowest BCUT2D eigenvalue weighted by Gasteiger charge is -2.28. The molecule has 1 N–H and O–H groups in total. The molecule has 1 saturated carbocycles. The van der Waals surface area contributed by atoms with Crippen LogP contribution in [0.5, 0.6) is 0 Å². The molecule has 108 valence electrons. The van der Waals surface area contributed by atoms with E-state index in [0.717, 1.165) is 30.8 Å². The lowest BCUT2D eigenvalue weighted by atomic mass is 9.87. The van der Waals surface area contributed by atoms with E-state index >= 15 is 0 Å². The molecule has 3 rings (SSSR count). The van der Waals surface area contributed by atoms with E-state index in [9.17, 15) is 0 Å². The maximum absolute atomic E-state index is 5.21. The summed E-state index contributed by atoms with van der Waals surface area (Å²) < 4.78 is 5.21. The number of allylic oxidation sites excluding steroid dienone is 2. The van der Waals surface area contributed by atoms with Crippen LogP contribution in [0.4, 0.5) is 5.69 Å². The molecule has 0 radical (unpaired) electrons. The summed E-state index contributed by atoms with van der Waals surface area (Å²) >= 11 is 0. The molecule has 1 aromatic rings. The highest BCUT2D eigenvalue weighted by Crippen LogP contribution is 2.45. The number of hydrogen-bond donors (Lipinski definition) is 1. The van der Waals surface area contributed by atoms with Gasteiger partial charge in [0, 0.05) is 18.8 Å². The molecule has 0 aliphatic heterocycles. The highest BCUT2D eigenvalue weighted by Gasteiger charge is 2.38. The third kappa shape index (κ3) is 2.76. The molecule has 0 heterocycles. The lowest BCUT2D eigenvalue weighted by molar-refractivity contribution is 0.202. The predicted octanol–water partition coefficient (Wildman–Crippen LogP) is 3.89. The van der Waals surface area contributed by atoms with Crippen molar-refractivity contribution in [2.24, 2.45) is 17.8 Å². The Kier molecular flexibility index (Phi) is 4.11. The fraction of sp³-hybridized carbons (Fsp3) is 0.556. The summed E-state index contributed by atoms with van der Waals surface area (Å²) in [6, 6.07) is 9.17. The van der Waals surface area contributed by atoms with E-state index in [-0.39, 0.29) is 0 Å². The number of ether oxygens (including phenoxy) is 1. The van der Waals surface area contributed by atoms with Crippen LogP contribution in [0.15, 0.2) is 36.4 Å². The molecule has 1 aromatic carbocycles. The minimum absolute atomic E-state index is 0.540. The Bertz CT molecular complexity index is 482. The topological polar surface area (TPSA) is 21.3 Å². The standard InChI is InChI=1S/C18H25NO/c1-13(17-12-14-7-8-16(17)11-14)19-18-6-4-3-5-15(18)9-10-20-2/h3-8,13-14,16-17,19H,9-12H2,1-2H3. The van der Waals surface area contributed by atoms with Gasteiger partial charge in [-0.1, -0.05) is 30.4 Å². The van der Waals surface area contributed by atoms with Crippen molar-refractivity contribution in [2.45, 2.75) is 32.2 Å². The third-order valence-electron chi connectivity index (χ3n) is 4.95. The zero-order valence-electron chi connectivity index (χ0n) is 12.5. The first kappa shape index (κ1) is 13.7. The summed E-state index contributed by atoms with van der Waals surface area (Å²) in [5.41, 5.74) is 2.64. The van der Waals surface area contributed by atoms with Crippen molar-refractivity contribution < 1.29 is 4.74 Å². The zero-order valence-corrected chi connectivity index (χ0v) is 12.5. The molecule has 0 amide bonds. The summed E-state index contributed by atoms with van der Waals surface area (Å²) in [6.07, 6.45) is 8.56. The van der Waals surface area contributed by atoms with Gasteiger partial charge in [-0.15, -0.1) is 0 Å². The second-order valence-corrected chi connectivity index (χ2v) is 6.28. The lowest BCUT2D eigenvalue weighted by Crippen LogP contribution is -2.29. The fourth-order valence-corrected chi connectivity index (χ4v) is 3.84. The highest BCUT2D eigenvalue weighted by atomic mass is 16.5. The van der Waals surface area contributed by atoms with Crippen LogP contribution in [0.25, 0.3) is 0 Å². The Morgan fingerprint density at radius 3 is 2.80 bits per heavy atom. The van der Waals surface area contributed by atoms with Crippen molar-refractivity contribution >= 4 is 5.69 Å². The van der Waals surface area contributed by atoms with Crippen molar-refractivity contribution in [3.8, 4) is 0 Å². The smallest absolute Gasteiger partial charge is 0.0503 e. The molecule has 0 spiro atoms. The van der Waals surface area contributed by atoms with Crippen molar-refractivity contribution in [3.05, 3.63) is 42.0 Å². The first-order chi connectivity index (χ1) is 9.78. The van der Waals surface area contributed by atoms with Crippen LogP contribution in [-0.2, 0) is 11.2 Å². The number of para-hydroxylation sites is 1. The summed E-state index contributed by atoms with van der Waals surface area (Å²) in [7, 11) is 1.76. The number of benzene rings is 1. The van der Waals surface area contributed by atoms with Gasteiger partial charge in [-0.3, -0.25) is 0 Å². The summed E-state index contributed by atoms with van der Waals surface area (Å²) in [5.74, 6) is 2.44. The molecule has 2 aliphatic rings. The van der Waals surface area contributed by atoms with E-state index in [2.05, 4.69) is 48.7 Å². The van der Waals surface area contributed by atoms with Gasteiger partial charge in [0.15, 0.2) is 0 Å². The average Bonchev–Trinajstić information content (AvgIpc) is 3.09. The van der Waals surface area contributed by atoms with Gasteiger partial charge in [-0.05, 0) is 55.6 Å². The van der Waals surface area contributed by atoms with Crippen LogP contribution in [0.3, 0.4) is 0 Å². The average molecular weight is 271 g/mol. The predicted molar refractivity (Wildman–Crippen MR) is 84.0 cm³/mol. The quantitative estimate of drug-likeness (QED) is 0.793. The highest BCUT2D eigenvalue weighted by molar-refractivity contribution is 5.52. The van der Waals surface area contributed by atoms with E-state index in [1.165, 1.54) is 24.1 Å². The second-order valence-electron chi connectivity index (χ2n) is 6.28. The van der Waals surface area contributed by atoms with Gasteiger partial charge in [0.05, 0.1) is 6.61 Å². The minimum atomic E-state index is 0.540. The van der Waals surface area contributed by atoms with E-state index < -0.39 is 0 Å². The van der Waals surface area contributed by atoms with Crippen LogP contribution in [0, 0.1) is 17.8 Å². The minimum Gasteiger partial charge on any atom is -0.384 e. The molecule has 2 heteroatoms. The number of nitrogens with one attached hydrogen (secondary N) is 1. The number of anilines is 1. The van der Waals surface area contributed by atoms with E-state index in [4.69, 9.17) is 4.74 Å². The summed E-state index contributed by atoms with van der Waals surface area (Å²) in [6.45, 7) is 3.12. The Morgan fingerprint density at radius 2 is 2.10 bits per heavy atom. The molecule has 2 bridgehead atoms. The van der Waals surface area contributed by atoms with E-state index in [0.29, 0.717) is 6.04 Å². The molecule has 0 saturated heterocycles. The fourth-order valence-electron chi connectivity index (χ4n) is 3.84. The Balaban J connectivity index is 1.66. The van der Waals surface area contributed by atoms with E-state index in [1.807, 2.05) is 0 Å². The van der Waals surface area contributed by atoms with Crippen molar-refractivity contribution in [1.82, 2.24) is 0 Å². The van der Waals surface area contributed by atoms with Crippen LogP contribution in [0.2, 0.25) is 0 Å². The van der Waals surface area contributed by atoms with Crippen molar-refractivity contribution in [3.63, 3.8) is 0 Å². The molecule has 1 fully saturated rings. The second kappa shape index (κ2) is 6.01. The van der Waals surface area contributed by atoms with Gasteiger partial charge < -0.3 is 10.1 Å². The van der Waals surface area contributed by atoms with Crippen LogP contribution < -0.4 is 5.32 Å². The number of rotatable bonds is 6. The van der Waals surface area contributed by atoms with Gasteiger partial charge in [0.2, 0.25) is 0 Å². The number of hydrogen-bond acceptors (Lipinski definition) is 2. The van der Waals surface area contributed by atoms with Gasteiger partial charge in [0.25, 0.3) is 0 Å². The summed E-state index contributed by atoms with van der Waals surface area (Å²) in [5, 5.41) is 3.76. The van der Waals surface area contributed by atoms with Gasteiger partial charge in [-0.2, -0.15) is 0 Å². The monoisotopic (exact) mass is 271 g/mol. The molecule has 2 nitrogen and oxygen atoms in total. The number of fused-ring (bicyclic) bond motifs is 2. The van der Waals surface area contributed by atoms with Gasteiger partial charge in [-0.25, -0.2) is 0 Å². The van der Waals surface area contributed by atoms with E-state index in [1.54, 1.807) is 7.11 Å². The molecule has 4 unspecified atom stereocenters. The largest absolute Gasteiger partial charge is 0.384 e. The van der Waals surface area contributed by atoms with Crippen LogP contribution in [0.1, 0.15) is 25.3 Å². The van der Waals surface area contributed by atoms with Gasteiger partial charge in [0.1, 0.15) is 0 Å². The van der Waals surface area contributed by atoms with Crippen LogP contribution >= 0.6 is 0 Å². The Labute approximate surface area is 122 Å². The zero-order chi connectivity index (χ0) is 13.9. The van der Waals surface area contributed by atoms with Crippen molar-refractivity contribution in [2.75, 3.05) is 19.0 Å². The Hall–Kier alpha value is -1.28. The maximum atomic E-state index is 5.21. The van der Waals surface area contributed by atoms with Gasteiger partial charge >= 0.3 is 0 Å². The molecule has 2 aliphatic carbocycles. The SMILES string of the molecule is COCCc1ccccc1NC(C)C1CC2C=CC1C2.